The van der Waals surface area contributed by atoms with E-state index in [1.54, 1.807) is 28.9 Å². The van der Waals surface area contributed by atoms with Crippen LogP contribution in [-0.2, 0) is 11.3 Å². The average molecular weight is 514 g/mol. The van der Waals surface area contributed by atoms with Crippen LogP contribution < -0.4 is 15.1 Å². The lowest BCUT2D eigenvalue weighted by Gasteiger charge is -2.33. The van der Waals surface area contributed by atoms with Gasteiger partial charge in [0, 0.05) is 42.9 Å². The first-order chi connectivity index (χ1) is 17.3. The highest BCUT2D eigenvalue weighted by molar-refractivity contribution is 7.99. The van der Waals surface area contributed by atoms with Gasteiger partial charge in [0.2, 0.25) is 11.7 Å². The molecule has 2 aromatic heterocycles. The molecule has 1 fully saturated rings. The maximum absolute atomic E-state index is 13.9. The molecule has 0 spiro atoms. The quantitative estimate of drug-likeness (QED) is 0.561. The Morgan fingerprint density at radius 2 is 2.06 bits per heavy atom. The number of piperidine rings is 1. The molecule has 1 N–H and O–H groups in total. The van der Waals surface area contributed by atoms with Crippen LogP contribution >= 0.6 is 11.8 Å². The summed E-state index contributed by atoms with van der Waals surface area (Å²) in [6.45, 7) is 0.552. The summed E-state index contributed by atoms with van der Waals surface area (Å²) in [5, 5.41) is 6.97. The molecular formula is C24H25F2N7O2S. The number of amides is 2. The van der Waals surface area contributed by atoms with E-state index in [-0.39, 0.29) is 23.9 Å². The zero-order valence-electron chi connectivity index (χ0n) is 19.6. The number of thioether (sulfide) groups is 1. The molecule has 36 heavy (non-hydrogen) atoms. The second kappa shape index (κ2) is 9.84. The first kappa shape index (κ1) is 24.2. The van der Waals surface area contributed by atoms with Crippen LogP contribution in [0.15, 0.2) is 53.8 Å². The number of benzene rings is 1. The number of alkyl halides is 2. The fraction of sp³-hybridized carbons (Fsp3) is 0.375. The van der Waals surface area contributed by atoms with Crippen molar-refractivity contribution in [2.75, 3.05) is 35.7 Å². The van der Waals surface area contributed by atoms with Crippen LogP contribution in [0.25, 0.3) is 0 Å². The summed E-state index contributed by atoms with van der Waals surface area (Å²) < 4.78 is 29.4. The normalized spacial score (nSPS) is 19.5. The minimum Gasteiger partial charge on any atom is -0.351 e. The summed E-state index contributed by atoms with van der Waals surface area (Å²) >= 11 is 1.37. The Balaban J connectivity index is 1.27. The van der Waals surface area contributed by atoms with Crippen molar-refractivity contribution in [1.82, 2.24) is 25.1 Å². The first-order valence-electron chi connectivity index (χ1n) is 11.6. The number of halogens is 2. The molecule has 0 unspecified atom stereocenters. The topological polar surface area (TPSA) is 96.2 Å². The molecule has 1 atom stereocenters. The molecule has 0 bridgehead atoms. The largest absolute Gasteiger partial charge is 0.351 e. The van der Waals surface area contributed by atoms with E-state index < -0.39 is 24.4 Å². The highest BCUT2D eigenvalue weighted by Gasteiger charge is 2.37. The number of aromatic nitrogens is 4. The predicted molar refractivity (Wildman–Crippen MR) is 132 cm³/mol. The van der Waals surface area contributed by atoms with E-state index in [4.69, 9.17) is 0 Å². The number of hydrogen-bond donors (Lipinski definition) is 1. The van der Waals surface area contributed by atoms with E-state index in [1.165, 1.54) is 23.0 Å². The van der Waals surface area contributed by atoms with Crippen molar-refractivity contribution in [3.63, 3.8) is 0 Å². The Bertz CT molecular complexity index is 1270. The van der Waals surface area contributed by atoms with Gasteiger partial charge in [0.1, 0.15) is 18.2 Å². The summed E-state index contributed by atoms with van der Waals surface area (Å²) in [4.78, 5) is 38.2. The average Bonchev–Trinajstić information content (AvgIpc) is 3.30. The Morgan fingerprint density at radius 3 is 2.83 bits per heavy atom. The monoisotopic (exact) mass is 513 g/mol. The van der Waals surface area contributed by atoms with Crippen molar-refractivity contribution in [1.29, 1.82) is 0 Å². The van der Waals surface area contributed by atoms with E-state index >= 15 is 0 Å². The van der Waals surface area contributed by atoms with Crippen LogP contribution in [-0.4, -0.2) is 69.4 Å². The SMILES string of the molecule is CN1C(=O)[C@@H](NC(=O)c2ncn(Cc3ccccc3)n2)CSc2cnc(N3CCCC(F)(F)C3)cc21. The minimum atomic E-state index is -2.76. The zero-order chi connectivity index (χ0) is 25.3. The van der Waals surface area contributed by atoms with Crippen LogP contribution in [0.5, 0.6) is 0 Å². The number of anilines is 2. The van der Waals surface area contributed by atoms with Crippen LogP contribution in [0.1, 0.15) is 29.0 Å². The Labute approximate surface area is 210 Å². The van der Waals surface area contributed by atoms with Crippen molar-refractivity contribution < 1.29 is 18.4 Å². The smallest absolute Gasteiger partial charge is 0.291 e. The lowest BCUT2D eigenvalue weighted by molar-refractivity contribution is -0.119. The van der Waals surface area contributed by atoms with Crippen LogP contribution in [0.3, 0.4) is 0 Å². The first-order valence-corrected chi connectivity index (χ1v) is 12.5. The van der Waals surface area contributed by atoms with Gasteiger partial charge in [-0.1, -0.05) is 30.3 Å². The molecule has 2 aliphatic heterocycles. The Morgan fingerprint density at radius 1 is 1.25 bits per heavy atom. The van der Waals surface area contributed by atoms with Crippen LogP contribution in [0.2, 0.25) is 0 Å². The summed E-state index contributed by atoms with van der Waals surface area (Å²) in [5.41, 5.74) is 1.59. The third-order valence-electron chi connectivity index (χ3n) is 6.18. The second-order valence-corrected chi connectivity index (χ2v) is 9.94. The fourth-order valence-corrected chi connectivity index (χ4v) is 5.34. The van der Waals surface area contributed by atoms with Gasteiger partial charge in [-0.3, -0.25) is 9.59 Å². The highest BCUT2D eigenvalue weighted by Crippen LogP contribution is 2.37. The molecule has 1 saturated heterocycles. The molecule has 2 amide bonds. The van der Waals surface area contributed by atoms with Gasteiger partial charge in [-0.25, -0.2) is 23.4 Å². The minimum absolute atomic E-state index is 0.0249. The summed E-state index contributed by atoms with van der Waals surface area (Å²) in [5.74, 6) is -2.96. The molecule has 0 aliphatic carbocycles. The summed E-state index contributed by atoms with van der Waals surface area (Å²) in [6, 6.07) is 10.5. The van der Waals surface area contributed by atoms with Crippen molar-refractivity contribution in [2.45, 2.75) is 36.2 Å². The molecule has 12 heteroatoms. The second-order valence-electron chi connectivity index (χ2n) is 8.88. The van der Waals surface area contributed by atoms with Crippen LogP contribution in [0, 0.1) is 0 Å². The number of carbonyl (C=O) groups excluding carboxylic acids is 2. The molecule has 4 heterocycles. The van der Waals surface area contributed by atoms with Crippen molar-refractivity contribution in [2.24, 2.45) is 0 Å². The van der Waals surface area contributed by atoms with E-state index in [1.807, 2.05) is 30.3 Å². The number of pyridine rings is 1. The molecule has 0 radical (unpaired) electrons. The van der Waals surface area contributed by atoms with E-state index in [2.05, 4.69) is 20.4 Å². The van der Waals surface area contributed by atoms with Gasteiger partial charge < -0.3 is 15.1 Å². The lowest BCUT2D eigenvalue weighted by atomic mass is 10.1. The lowest BCUT2D eigenvalue weighted by Crippen LogP contribution is -2.48. The van der Waals surface area contributed by atoms with E-state index in [9.17, 15) is 18.4 Å². The maximum atomic E-state index is 13.9. The van der Waals surface area contributed by atoms with E-state index in [0.29, 0.717) is 31.0 Å². The number of carbonyl (C=O) groups is 2. The molecule has 1 aromatic carbocycles. The van der Waals surface area contributed by atoms with Crippen molar-refractivity contribution >= 4 is 35.1 Å². The molecular weight excluding hydrogens is 488 g/mol. The molecule has 188 valence electrons. The van der Waals surface area contributed by atoms with Gasteiger partial charge in [0.15, 0.2) is 0 Å². The fourth-order valence-electron chi connectivity index (χ4n) is 4.30. The Hall–Kier alpha value is -3.54. The number of nitrogens with one attached hydrogen (secondary N) is 1. The summed E-state index contributed by atoms with van der Waals surface area (Å²) in [6.07, 6.45) is 3.32. The number of fused-ring (bicyclic) bond motifs is 1. The van der Waals surface area contributed by atoms with Gasteiger partial charge in [-0.15, -0.1) is 16.9 Å². The van der Waals surface area contributed by atoms with Gasteiger partial charge in [0.25, 0.3) is 11.8 Å². The molecule has 2 aliphatic rings. The van der Waals surface area contributed by atoms with Gasteiger partial charge >= 0.3 is 0 Å². The van der Waals surface area contributed by atoms with Crippen molar-refractivity contribution in [3.05, 3.63) is 60.3 Å². The zero-order valence-corrected chi connectivity index (χ0v) is 20.4. The summed E-state index contributed by atoms with van der Waals surface area (Å²) in [7, 11) is 1.60. The van der Waals surface area contributed by atoms with E-state index in [0.717, 1.165) is 10.5 Å². The van der Waals surface area contributed by atoms with Crippen LogP contribution in [0.4, 0.5) is 20.3 Å². The molecule has 0 saturated carbocycles. The number of hydrogen-bond acceptors (Lipinski definition) is 7. The van der Waals surface area contributed by atoms with Gasteiger partial charge in [-0.2, -0.15) is 0 Å². The third kappa shape index (κ3) is 5.18. The molecule has 9 nitrogen and oxygen atoms in total. The number of rotatable bonds is 5. The Kier molecular flexibility index (Phi) is 6.61. The maximum Gasteiger partial charge on any atom is 0.291 e. The molecule has 5 rings (SSSR count). The highest BCUT2D eigenvalue weighted by atomic mass is 32.2. The van der Waals surface area contributed by atoms with Gasteiger partial charge in [0.05, 0.1) is 18.8 Å². The predicted octanol–water partition coefficient (Wildman–Crippen LogP) is 2.82. The number of likely N-dealkylation sites (N-methyl/N-ethyl adjacent to an activating group) is 1. The van der Waals surface area contributed by atoms with Crippen molar-refractivity contribution in [3.8, 4) is 0 Å². The number of nitrogens with zero attached hydrogens (tertiary/aromatic N) is 6. The third-order valence-corrected chi connectivity index (χ3v) is 7.30. The standard InChI is InChI=1S/C24H25F2N7O2S/c1-31-18-10-20(32-9-5-8-24(25,26)14-32)27-11-19(18)36-13-17(23(31)35)29-22(34)21-28-15-33(30-21)12-16-6-3-2-4-7-16/h2-4,6-7,10-11,15,17H,5,8-9,12-14H2,1H3,(H,29,34)/t17-/m0/s1. The van der Waals surface area contributed by atoms with Gasteiger partial charge in [-0.05, 0) is 12.0 Å². The molecule has 3 aromatic rings.